The lowest BCUT2D eigenvalue weighted by Gasteiger charge is -2.31. The monoisotopic (exact) mass is 683 g/mol. The number of benzene rings is 1. The summed E-state index contributed by atoms with van der Waals surface area (Å²) in [6.07, 6.45) is 3.66. The van der Waals surface area contributed by atoms with Crippen LogP contribution < -0.4 is 38.5 Å². The van der Waals surface area contributed by atoms with Gasteiger partial charge in [0.1, 0.15) is 12.1 Å². The summed E-state index contributed by atoms with van der Waals surface area (Å²) in [7, 11) is 2.12. The summed E-state index contributed by atoms with van der Waals surface area (Å²) < 4.78 is 0. The minimum Gasteiger partial charge on any atom is -0.370 e. The molecule has 0 aliphatic carbocycles. The molecule has 0 bridgehead atoms. The summed E-state index contributed by atoms with van der Waals surface area (Å²) >= 11 is 1.49. The molecule has 1 aromatic heterocycles. The van der Waals surface area contributed by atoms with E-state index in [1.165, 1.54) is 11.3 Å². The Kier molecular flexibility index (Phi) is 15.8. The van der Waals surface area contributed by atoms with Crippen LogP contribution in [0.2, 0.25) is 0 Å². The molecule has 3 atom stereocenters. The third kappa shape index (κ3) is 13.6. The van der Waals surface area contributed by atoms with Gasteiger partial charge in [-0.05, 0) is 98.2 Å². The molecule has 4 amide bonds. The molecule has 0 spiro atoms. The molecule has 0 saturated carbocycles. The molecular formula is C34H53N9O4S. The summed E-state index contributed by atoms with van der Waals surface area (Å²) in [4.78, 5) is 58.5. The van der Waals surface area contributed by atoms with E-state index in [0.717, 1.165) is 43.6 Å². The first-order chi connectivity index (χ1) is 22.9. The van der Waals surface area contributed by atoms with Crippen LogP contribution in [-0.2, 0) is 27.3 Å². The van der Waals surface area contributed by atoms with Gasteiger partial charge < -0.3 is 38.5 Å². The Morgan fingerprint density at radius 3 is 2.29 bits per heavy atom. The number of thiophene rings is 1. The van der Waals surface area contributed by atoms with Gasteiger partial charge in [0.15, 0.2) is 5.96 Å². The number of primary amides is 1. The smallest absolute Gasteiger partial charge is 0.251 e. The van der Waals surface area contributed by atoms with Crippen LogP contribution in [0, 0.1) is 5.92 Å². The summed E-state index contributed by atoms with van der Waals surface area (Å²) in [5.41, 5.74) is 18.9. The van der Waals surface area contributed by atoms with E-state index >= 15 is 0 Å². The average Bonchev–Trinajstić information content (AvgIpc) is 3.55. The van der Waals surface area contributed by atoms with Gasteiger partial charge in [-0.25, -0.2) is 0 Å². The maximum absolute atomic E-state index is 13.7. The Balaban J connectivity index is 1.66. The molecule has 14 heteroatoms. The zero-order chi connectivity index (χ0) is 35.1. The Bertz CT molecular complexity index is 1340. The van der Waals surface area contributed by atoms with E-state index in [1.54, 1.807) is 12.1 Å². The van der Waals surface area contributed by atoms with Crippen molar-refractivity contribution in [2.45, 2.75) is 89.5 Å². The molecule has 10 N–H and O–H groups in total. The number of aliphatic imine (C=N–C) groups is 1. The van der Waals surface area contributed by atoms with Crippen molar-refractivity contribution in [1.29, 1.82) is 0 Å². The van der Waals surface area contributed by atoms with Gasteiger partial charge in [-0.3, -0.25) is 29.1 Å². The molecule has 2 unspecified atom stereocenters. The van der Waals surface area contributed by atoms with Crippen LogP contribution in [0.3, 0.4) is 0 Å². The Labute approximate surface area is 287 Å². The first-order valence-electron chi connectivity index (χ1n) is 16.7. The normalized spacial score (nSPS) is 15.4. The number of amides is 4. The fourth-order valence-electron chi connectivity index (χ4n) is 5.85. The average molecular weight is 684 g/mol. The number of hydrogen-bond donors (Lipinski definition) is 7. The van der Waals surface area contributed by atoms with E-state index in [2.05, 4.69) is 38.2 Å². The van der Waals surface area contributed by atoms with E-state index in [1.807, 2.05) is 42.8 Å². The number of nitrogens with zero attached hydrogens (tertiary/aromatic N) is 2. The SMILES string of the molecule is CC(C)CC(CC(=O)NC(Cc1ccsc1)C(N)=O)NC(=O)[C@H](CCCN=C(N)N)NC(=O)c1ccc(CN(C)C2CCNCC2)cc1. The number of hydrogen-bond acceptors (Lipinski definition) is 8. The third-order valence-corrected chi connectivity index (χ3v) is 9.11. The molecule has 1 saturated heterocycles. The highest BCUT2D eigenvalue weighted by Gasteiger charge is 2.27. The van der Waals surface area contributed by atoms with Crippen LogP contribution in [0.4, 0.5) is 0 Å². The third-order valence-electron chi connectivity index (χ3n) is 8.38. The lowest BCUT2D eigenvalue weighted by atomic mass is 9.99. The van der Waals surface area contributed by atoms with Gasteiger partial charge in [0, 0.05) is 43.6 Å². The molecule has 3 rings (SSSR count). The number of nitrogens with two attached hydrogens (primary N) is 3. The van der Waals surface area contributed by atoms with Gasteiger partial charge >= 0.3 is 0 Å². The minimum absolute atomic E-state index is 0.0535. The first kappa shape index (κ1) is 38.4. The van der Waals surface area contributed by atoms with Crippen molar-refractivity contribution in [3.63, 3.8) is 0 Å². The summed E-state index contributed by atoms with van der Waals surface area (Å²) in [5.74, 6) is -1.74. The van der Waals surface area contributed by atoms with E-state index in [4.69, 9.17) is 17.2 Å². The summed E-state index contributed by atoms with van der Waals surface area (Å²) in [6.45, 7) is 7.08. The zero-order valence-corrected chi connectivity index (χ0v) is 29.2. The number of guanidine groups is 1. The number of carbonyl (C=O) groups excluding carboxylic acids is 4. The number of rotatable bonds is 19. The van der Waals surface area contributed by atoms with Crippen LogP contribution in [-0.4, -0.2) is 85.3 Å². The fraction of sp³-hybridized carbons (Fsp3) is 0.559. The minimum atomic E-state index is -0.896. The standard InChI is InChI=1S/C34H53N9O4S/c1-22(2)17-26(19-30(44)41-29(31(35)45)18-24-12-16-48-21-24)40-33(47)28(5-4-13-39-34(36)37)42-32(46)25-8-6-23(7-9-25)20-43(3)27-10-14-38-15-11-27/h6-9,12,16,21-22,26-29,38H,4-5,10-11,13-15,17-20H2,1-3H3,(H2,35,45)(H,40,47)(H,41,44)(H,42,46)(H4,36,37,39)/t26?,28-,29?/m0/s1. The van der Waals surface area contributed by atoms with Crippen molar-refractivity contribution in [3.05, 3.63) is 57.8 Å². The summed E-state index contributed by atoms with van der Waals surface area (Å²) in [6, 6.07) is 7.51. The molecular weight excluding hydrogens is 630 g/mol. The fourth-order valence-corrected chi connectivity index (χ4v) is 6.53. The van der Waals surface area contributed by atoms with Crippen LogP contribution in [0.15, 0.2) is 46.1 Å². The van der Waals surface area contributed by atoms with Crippen LogP contribution in [0.5, 0.6) is 0 Å². The molecule has 1 aliphatic rings. The molecule has 13 nitrogen and oxygen atoms in total. The highest BCUT2D eigenvalue weighted by atomic mass is 32.1. The maximum Gasteiger partial charge on any atom is 0.251 e. The maximum atomic E-state index is 13.7. The van der Waals surface area contributed by atoms with Crippen molar-refractivity contribution < 1.29 is 19.2 Å². The van der Waals surface area contributed by atoms with Gasteiger partial charge in [0.05, 0.1) is 0 Å². The Hall–Kier alpha value is -4.01. The van der Waals surface area contributed by atoms with E-state index in [9.17, 15) is 19.2 Å². The van der Waals surface area contributed by atoms with Crippen LogP contribution in [0.25, 0.3) is 0 Å². The van der Waals surface area contributed by atoms with Gasteiger partial charge in [-0.15, -0.1) is 0 Å². The summed E-state index contributed by atoms with van der Waals surface area (Å²) in [5, 5.41) is 15.8. The van der Waals surface area contributed by atoms with E-state index < -0.39 is 35.8 Å². The van der Waals surface area contributed by atoms with Gasteiger partial charge in [0.2, 0.25) is 17.7 Å². The van der Waals surface area contributed by atoms with Crippen molar-refractivity contribution in [1.82, 2.24) is 26.2 Å². The number of carbonyl (C=O) groups is 4. The quantitative estimate of drug-likeness (QED) is 0.0649. The highest BCUT2D eigenvalue weighted by Crippen LogP contribution is 2.16. The Morgan fingerprint density at radius 1 is 0.979 bits per heavy atom. The van der Waals surface area contributed by atoms with Crippen molar-refractivity contribution >= 4 is 40.9 Å². The lowest BCUT2D eigenvalue weighted by molar-refractivity contribution is -0.128. The zero-order valence-electron chi connectivity index (χ0n) is 28.4. The van der Waals surface area contributed by atoms with Crippen molar-refractivity contribution in [3.8, 4) is 0 Å². The molecule has 2 aromatic rings. The van der Waals surface area contributed by atoms with Gasteiger partial charge in [-0.1, -0.05) is 26.0 Å². The first-order valence-corrected chi connectivity index (χ1v) is 17.6. The van der Waals surface area contributed by atoms with Crippen molar-refractivity contribution in [2.24, 2.45) is 28.1 Å². The van der Waals surface area contributed by atoms with Gasteiger partial charge in [-0.2, -0.15) is 11.3 Å². The van der Waals surface area contributed by atoms with Crippen LogP contribution >= 0.6 is 11.3 Å². The van der Waals surface area contributed by atoms with E-state index in [0.29, 0.717) is 24.4 Å². The second-order valence-electron chi connectivity index (χ2n) is 13.0. The molecule has 1 aliphatic heterocycles. The second kappa shape index (κ2) is 19.7. The topological polar surface area (TPSA) is 210 Å². The Morgan fingerprint density at radius 2 is 1.69 bits per heavy atom. The molecule has 48 heavy (non-hydrogen) atoms. The second-order valence-corrected chi connectivity index (χ2v) is 13.7. The van der Waals surface area contributed by atoms with Crippen molar-refractivity contribution in [2.75, 3.05) is 26.7 Å². The molecule has 1 aromatic carbocycles. The molecule has 264 valence electrons. The number of nitrogens with one attached hydrogen (secondary N) is 4. The molecule has 1 fully saturated rings. The van der Waals surface area contributed by atoms with Gasteiger partial charge in [0.25, 0.3) is 5.91 Å². The largest absolute Gasteiger partial charge is 0.370 e. The molecule has 0 radical (unpaired) electrons. The predicted octanol–water partition coefficient (Wildman–Crippen LogP) is 1.22. The van der Waals surface area contributed by atoms with Crippen LogP contribution in [0.1, 0.15) is 73.9 Å². The molecule has 2 heterocycles. The van der Waals surface area contributed by atoms with E-state index in [-0.39, 0.29) is 43.6 Å². The predicted molar refractivity (Wildman–Crippen MR) is 190 cm³/mol. The highest BCUT2D eigenvalue weighted by molar-refractivity contribution is 7.07. The lowest BCUT2D eigenvalue weighted by Crippen LogP contribution is -2.52. The number of piperidine rings is 1.